The Hall–Kier alpha value is -3.72. The Labute approximate surface area is 190 Å². The van der Waals surface area contributed by atoms with Gasteiger partial charge in [0.15, 0.2) is 0 Å². The van der Waals surface area contributed by atoms with Crippen LogP contribution >= 0.6 is 0 Å². The summed E-state index contributed by atoms with van der Waals surface area (Å²) >= 11 is 0. The summed E-state index contributed by atoms with van der Waals surface area (Å²) in [6.45, 7) is 3.42. The van der Waals surface area contributed by atoms with Crippen LogP contribution in [0.25, 0.3) is 10.9 Å². The molecule has 2 heterocycles. The zero-order chi connectivity index (χ0) is 23.9. The Balaban J connectivity index is 1.79. The van der Waals surface area contributed by atoms with Gasteiger partial charge in [-0.2, -0.15) is 0 Å². The van der Waals surface area contributed by atoms with Crippen molar-refractivity contribution in [1.82, 2.24) is 8.96 Å². The number of hydrogen-bond donors (Lipinski definition) is 1. The Morgan fingerprint density at radius 2 is 1.79 bits per heavy atom. The van der Waals surface area contributed by atoms with Crippen molar-refractivity contribution in [2.75, 3.05) is 11.9 Å². The van der Waals surface area contributed by atoms with Crippen LogP contribution in [0.5, 0.6) is 0 Å². The van der Waals surface area contributed by atoms with Gasteiger partial charge in [0.05, 0.1) is 16.8 Å². The number of carboxylic acid groups (broad SMARTS) is 1. The molecule has 0 unspecified atom stereocenters. The van der Waals surface area contributed by atoms with Crippen LogP contribution in [0, 0.1) is 19.7 Å². The molecule has 0 aliphatic carbocycles. The lowest BCUT2D eigenvalue weighted by Gasteiger charge is -2.19. The average Bonchev–Trinajstić information content (AvgIpc) is 3.04. The van der Waals surface area contributed by atoms with E-state index in [2.05, 4.69) is 4.98 Å². The first-order chi connectivity index (χ1) is 15.6. The number of pyridine rings is 1. The highest BCUT2D eigenvalue weighted by atomic mass is 32.2. The molecular formula is C24H22FN3O4S. The van der Waals surface area contributed by atoms with Crippen LogP contribution in [0.4, 0.5) is 15.9 Å². The van der Waals surface area contributed by atoms with Gasteiger partial charge in [-0.3, -0.25) is 4.79 Å². The third-order valence-corrected chi connectivity index (χ3v) is 7.37. The molecular weight excluding hydrogens is 445 g/mol. The van der Waals surface area contributed by atoms with Crippen molar-refractivity contribution < 1.29 is 22.7 Å². The maximum Gasteiger partial charge on any atom is 0.307 e. The number of carbonyl (C=O) groups is 1. The van der Waals surface area contributed by atoms with Gasteiger partial charge in [0.2, 0.25) is 0 Å². The molecule has 0 amide bonds. The second-order valence-electron chi connectivity index (χ2n) is 7.76. The van der Waals surface area contributed by atoms with E-state index in [4.69, 9.17) is 0 Å². The molecule has 0 aliphatic heterocycles. The van der Waals surface area contributed by atoms with Crippen molar-refractivity contribution in [3.8, 4) is 0 Å². The van der Waals surface area contributed by atoms with Crippen LogP contribution in [-0.4, -0.2) is 35.5 Å². The van der Waals surface area contributed by atoms with E-state index in [0.29, 0.717) is 0 Å². The summed E-state index contributed by atoms with van der Waals surface area (Å²) < 4.78 is 42.1. The molecule has 0 fully saturated rings. The predicted octanol–water partition coefficient (Wildman–Crippen LogP) is 4.42. The molecule has 2 aromatic carbocycles. The highest BCUT2D eigenvalue weighted by Crippen LogP contribution is 2.32. The number of aliphatic carboxylic acids is 1. The smallest absolute Gasteiger partial charge is 0.307 e. The lowest BCUT2D eigenvalue weighted by molar-refractivity contribution is -0.136. The van der Waals surface area contributed by atoms with Gasteiger partial charge in [-0.15, -0.1) is 0 Å². The lowest BCUT2D eigenvalue weighted by Crippen LogP contribution is -2.16. The van der Waals surface area contributed by atoms with Gasteiger partial charge in [-0.1, -0.05) is 6.07 Å². The number of rotatable bonds is 6. The van der Waals surface area contributed by atoms with Crippen LogP contribution < -0.4 is 4.90 Å². The Kier molecular flexibility index (Phi) is 5.67. The second kappa shape index (κ2) is 8.32. The predicted molar refractivity (Wildman–Crippen MR) is 124 cm³/mol. The van der Waals surface area contributed by atoms with Crippen molar-refractivity contribution in [1.29, 1.82) is 0 Å². The standard InChI is InChI=1S/C24H22FN3O4S/c1-15-5-4-6-23(26-15)27(3)18-8-10-19(11-9-18)33(31,32)28-16(2)20(14-24(29)30)21-13-17(25)7-12-22(21)28/h4-13H,14H2,1-3H3,(H,29,30). The summed E-state index contributed by atoms with van der Waals surface area (Å²) in [5.74, 6) is -0.977. The summed E-state index contributed by atoms with van der Waals surface area (Å²) in [5.41, 5.74) is 2.35. The quantitative estimate of drug-likeness (QED) is 0.451. The van der Waals surface area contributed by atoms with Crippen molar-refractivity contribution in [3.63, 3.8) is 0 Å². The van der Waals surface area contributed by atoms with Gasteiger partial charge in [0.25, 0.3) is 10.0 Å². The minimum atomic E-state index is -4.07. The fourth-order valence-corrected chi connectivity index (χ4v) is 5.48. The molecule has 7 nitrogen and oxygen atoms in total. The van der Waals surface area contributed by atoms with Gasteiger partial charge >= 0.3 is 5.97 Å². The zero-order valence-electron chi connectivity index (χ0n) is 18.3. The Morgan fingerprint density at radius 3 is 2.42 bits per heavy atom. The largest absolute Gasteiger partial charge is 0.481 e. The number of hydrogen-bond acceptors (Lipinski definition) is 5. The molecule has 0 radical (unpaired) electrons. The molecule has 0 atom stereocenters. The molecule has 0 bridgehead atoms. The van der Waals surface area contributed by atoms with E-state index in [1.807, 2.05) is 37.1 Å². The normalized spacial score (nSPS) is 11.6. The first-order valence-corrected chi connectivity index (χ1v) is 11.6. The Morgan fingerprint density at radius 1 is 1.09 bits per heavy atom. The molecule has 0 spiro atoms. The summed E-state index contributed by atoms with van der Waals surface area (Å²) in [6, 6.07) is 15.6. The molecule has 1 N–H and O–H groups in total. The van der Waals surface area contributed by atoms with Gasteiger partial charge < -0.3 is 10.0 Å². The topological polar surface area (TPSA) is 92.5 Å². The maximum absolute atomic E-state index is 13.9. The van der Waals surface area contributed by atoms with E-state index < -0.39 is 28.2 Å². The van der Waals surface area contributed by atoms with Crippen molar-refractivity contribution in [2.24, 2.45) is 0 Å². The fraction of sp³-hybridized carbons (Fsp3) is 0.167. The summed E-state index contributed by atoms with van der Waals surface area (Å²) in [4.78, 5) is 17.7. The highest BCUT2D eigenvalue weighted by molar-refractivity contribution is 7.90. The molecule has 170 valence electrons. The van der Waals surface area contributed by atoms with Crippen LogP contribution in [0.3, 0.4) is 0 Å². The van der Waals surface area contributed by atoms with E-state index in [1.165, 1.54) is 31.2 Å². The molecule has 0 aliphatic rings. The highest BCUT2D eigenvalue weighted by Gasteiger charge is 2.26. The fourth-order valence-electron chi connectivity index (χ4n) is 3.90. The van der Waals surface area contributed by atoms with Crippen molar-refractivity contribution in [2.45, 2.75) is 25.2 Å². The van der Waals surface area contributed by atoms with Crippen LogP contribution in [0.1, 0.15) is 17.0 Å². The van der Waals surface area contributed by atoms with Crippen LogP contribution in [0.2, 0.25) is 0 Å². The molecule has 2 aromatic heterocycles. The summed E-state index contributed by atoms with van der Waals surface area (Å²) in [5, 5.41) is 9.54. The molecule has 4 rings (SSSR count). The van der Waals surface area contributed by atoms with Gasteiger partial charge in [-0.05, 0) is 74.0 Å². The number of halogens is 1. The minimum absolute atomic E-state index is 0.0306. The number of aromatic nitrogens is 2. The van der Waals surface area contributed by atoms with Gasteiger partial charge in [-0.25, -0.2) is 21.8 Å². The van der Waals surface area contributed by atoms with Crippen LogP contribution in [0.15, 0.2) is 65.6 Å². The number of carboxylic acids is 1. The van der Waals surface area contributed by atoms with E-state index in [9.17, 15) is 22.7 Å². The van der Waals surface area contributed by atoms with E-state index >= 15 is 0 Å². The monoisotopic (exact) mass is 467 g/mol. The van der Waals surface area contributed by atoms with E-state index in [1.54, 1.807) is 12.1 Å². The average molecular weight is 468 g/mol. The number of nitrogens with zero attached hydrogens (tertiary/aromatic N) is 3. The van der Waals surface area contributed by atoms with Gasteiger partial charge in [0, 0.05) is 29.5 Å². The maximum atomic E-state index is 13.9. The lowest BCUT2D eigenvalue weighted by atomic mass is 10.1. The van der Waals surface area contributed by atoms with Crippen LogP contribution in [-0.2, 0) is 21.2 Å². The van der Waals surface area contributed by atoms with Crippen molar-refractivity contribution in [3.05, 3.63) is 83.4 Å². The molecule has 33 heavy (non-hydrogen) atoms. The third kappa shape index (κ3) is 4.07. The summed E-state index contributed by atoms with van der Waals surface area (Å²) in [6.07, 6.45) is -0.415. The number of benzene rings is 2. The van der Waals surface area contributed by atoms with Crippen molar-refractivity contribution >= 4 is 38.4 Å². The summed E-state index contributed by atoms with van der Waals surface area (Å²) in [7, 11) is -2.24. The number of aryl methyl sites for hydroxylation is 1. The first-order valence-electron chi connectivity index (χ1n) is 10.1. The number of fused-ring (bicyclic) bond motifs is 1. The molecule has 0 saturated carbocycles. The minimum Gasteiger partial charge on any atom is -0.481 e. The van der Waals surface area contributed by atoms with E-state index in [0.717, 1.165) is 27.2 Å². The number of anilines is 2. The Bertz CT molecular complexity index is 1480. The van der Waals surface area contributed by atoms with Gasteiger partial charge in [0.1, 0.15) is 11.6 Å². The SMILES string of the molecule is Cc1cccc(N(C)c2ccc(S(=O)(=O)n3c(C)c(CC(=O)O)c4cc(F)ccc43)cc2)n1. The van der Waals surface area contributed by atoms with E-state index in [-0.39, 0.29) is 27.1 Å². The second-order valence-corrected chi connectivity index (χ2v) is 9.54. The molecule has 0 saturated heterocycles. The first kappa shape index (κ1) is 22.5. The molecule has 4 aromatic rings. The zero-order valence-corrected chi connectivity index (χ0v) is 19.1. The third-order valence-electron chi connectivity index (χ3n) is 5.55. The molecule has 9 heteroatoms.